The zero-order valence-corrected chi connectivity index (χ0v) is 21.0. The predicted octanol–water partition coefficient (Wildman–Crippen LogP) is 4.04. The summed E-state index contributed by atoms with van der Waals surface area (Å²) in [4.78, 5) is 31.9. The molecule has 1 aliphatic rings. The summed E-state index contributed by atoms with van der Waals surface area (Å²) in [6, 6.07) is 10.3. The fraction of sp³-hybridized carbons (Fsp3) is 0.360. The molecule has 1 N–H and O–H groups in total. The number of hydrogen-bond acceptors (Lipinski definition) is 9. The number of piperidine rings is 1. The number of nitrogens with one attached hydrogen (secondary N) is 1. The third-order valence-corrected chi connectivity index (χ3v) is 6.29. The maximum atomic E-state index is 13.0. The highest BCUT2D eigenvalue weighted by Gasteiger charge is 2.28. The number of rotatable bonds is 8. The number of likely N-dealkylation sites (tertiary alicyclic amines) is 1. The van der Waals surface area contributed by atoms with Crippen molar-refractivity contribution in [1.82, 2.24) is 15.0 Å². The van der Waals surface area contributed by atoms with E-state index in [4.69, 9.17) is 30.3 Å². The Bertz CT molecular complexity index is 1240. The maximum absolute atomic E-state index is 13.0. The standard InChI is InChI=1S/C25H27ClN4O6/c1-33-20-12-18(25(32)35-3)19(13-21(20)34-2)27-24(31)15-7-9-30(10-8-15)14-22-28-23(29-36-22)16-5-4-6-17(26)11-16/h4-6,11-13,15H,7-10,14H2,1-3H3,(H,27,31). The molecule has 0 spiro atoms. The number of halogens is 1. The van der Waals surface area contributed by atoms with E-state index in [1.165, 1.54) is 27.4 Å². The summed E-state index contributed by atoms with van der Waals surface area (Å²) in [6.07, 6.45) is 1.28. The lowest BCUT2D eigenvalue weighted by Crippen LogP contribution is -2.38. The molecule has 36 heavy (non-hydrogen) atoms. The molecule has 0 radical (unpaired) electrons. The molecule has 1 saturated heterocycles. The van der Waals surface area contributed by atoms with Crippen molar-refractivity contribution in [2.24, 2.45) is 5.92 Å². The molecular formula is C25H27ClN4O6. The summed E-state index contributed by atoms with van der Waals surface area (Å²) >= 11 is 6.05. The molecule has 0 aliphatic carbocycles. The highest BCUT2D eigenvalue weighted by molar-refractivity contribution is 6.30. The summed E-state index contributed by atoms with van der Waals surface area (Å²) in [5.74, 6) is 0.769. The Labute approximate surface area is 213 Å². The van der Waals surface area contributed by atoms with Crippen LogP contribution in [-0.4, -0.2) is 61.3 Å². The number of aromatic nitrogens is 2. The van der Waals surface area contributed by atoms with Crippen LogP contribution in [0.3, 0.4) is 0 Å². The second kappa shape index (κ2) is 11.4. The van der Waals surface area contributed by atoms with Crippen LogP contribution in [0.1, 0.15) is 29.1 Å². The van der Waals surface area contributed by atoms with Crippen molar-refractivity contribution in [2.75, 3.05) is 39.7 Å². The molecule has 1 amide bonds. The topological polar surface area (TPSA) is 116 Å². The first-order chi connectivity index (χ1) is 17.4. The number of hydrogen-bond donors (Lipinski definition) is 1. The number of methoxy groups -OCH3 is 3. The Morgan fingerprint density at radius 2 is 1.83 bits per heavy atom. The molecule has 0 atom stereocenters. The zero-order chi connectivity index (χ0) is 25.7. The average Bonchev–Trinajstić information content (AvgIpc) is 3.36. The van der Waals surface area contributed by atoms with Gasteiger partial charge < -0.3 is 24.1 Å². The fourth-order valence-corrected chi connectivity index (χ4v) is 4.29. The van der Waals surface area contributed by atoms with Crippen LogP contribution >= 0.6 is 11.6 Å². The van der Waals surface area contributed by atoms with Crippen molar-refractivity contribution in [3.05, 3.63) is 52.9 Å². The van der Waals surface area contributed by atoms with E-state index in [0.717, 1.165) is 5.56 Å². The molecule has 1 aromatic heterocycles. The first kappa shape index (κ1) is 25.5. The van der Waals surface area contributed by atoms with Crippen LogP contribution in [0.4, 0.5) is 5.69 Å². The monoisotopic (exact) mass is 514 g/mol. The Morgan fingerprint density at radius 3 is 2.50 bits per heavy atom. The number of esters is 1. The minimum atomic E-state index is -0.585. The predicted molar refractivity (Wildman–Crippen MR) is 132 cm³/mol. The summed E-state index contributed by atoms with van der Waals surface area (Å²) in [5.41, 5.74) is 1.29. The van der Waals surface area contributed by atoms with Gasteiger partial charge in [-0.15, -0.1) is 0 Å². The first-order valence-electron chi connectivity index (χ1n) is 11.4. The van der Waals surface area contributed by atoms with Gasteiger partial charge in [-0.25, -0.2) is 4.79 Å². The molecule has 2 heterocycles. The molecule has 0 bridgehead atoms. The van der Waals surface area contributed by atoms with Crippen LogP contribution in [0.25, 0.3) is 11.4 Å². The third kappa shape index (κ3) is 5.77. The summed E-state index contributed by atoms with van der Waals surface area (Å²) in [6.45, 7) is 1.86. The Kier molecular flexibility index (Phi) is 8.07. The molecule has 11 heteroatoms. The van der Waals surface area contributed by atoms with Gasteiger partial charge in [-0.1, -0.05) is 28.9 Å². The Morgan fingerprint density at radius 1 is 1.11 bits per heavy atom. The number of carbonyl (C=O) groups is 2. The maximum Gasteiger partial charge on any atom is 0.340 e. The van der Waals surface area contributed by atoms with Crippen LogP contribution in [0, 0.1) is 5.92 Å². The van der Waals surface area contributed by atoms with Crippen LogP contribution in [-0.2, 0) is 16.1 Å². The summed E-state index contributed by atoms with van der Waals surface area (Å²) < 4.78 is 20.9. The van der Waals surface area contributed by atoms with Crippen molar-refractivity contribution in [3.63, 3.8) is 0 Å². The number of benzene rings is 2. The molecule has 190 valence electrons. The van der Waals surface area contributed by atoms with Crippen molar-refractivity contribution < 1.29 is 28.3 Å². The van der Waals surface area contributed by atoms with Crippen molar-refractivity contribution >= 4 is 29.2 Å². The smallest absolute Gasteiger partial charge is 0.340 e. The van der Waals surface area contributed by atoms with Crippen molar-refractivity contribution in [2.45, 2.75) is 19.4 Å². The van der Waals surface area contributed by atoms with E-state index >= 15 is 0 Å². The molecule has 3 aromatic rings. The molecule has 4 rings (SSSR count). The highest BCUT2D eigenvalue weighted by atomic mass is 35.5. The second-order valence-corrected chi connectivity index (χ2v) is 8.74. The van der Waals surface area contributed by atoms with Gasteiger partial charge in [-0.2, -0.15) is 4.98 Å². The van der Waals surface area contributed by atoms with E-state index in [1.807, 2.05) is 12.1 Å². The SMILES string of the molecule is COC(=O)c1cc(OC)c(OC)cc1NC(=O)C1CCN(Cc2nc(-c3cccc(Cl)c3)no2)CC1. The van der Waals surface area contributed by atoms with Crippen molar-refractivity contribution in [1.29, 1.82) is 0 Å². The summed E-state index contributed by atoms with van der Waals surface area (Å²) in [5, 5.41) is 7.52. The van der Waals surface area contributed by atoms with Gasteiger partial charge >= 0.3 is 5.97 Å². The minimum Gasteiger partial charge on any atom is -0.493 e. The van der Waals surface area contributed by atoms with E-state index in [9.17, 15) is 9.59 Å². The molecule has 1 aliphatic heterocycles. The number of carbonyl (C=O) groups excluding carboxylic acids is 2. The zero-order valence-electron chi connectivity index (χ0n) is 20.2. The molecule has 2 aromatic carbocycles. The van der Waals surface area contributed by atoms with Gasteiger partial charge in [0.05, 0.1) is 39.1 Å². The third-order valence-electron chi connectivity index (χ3n) is 6.06. The average molecular weight is 515 g/mol. The van der Waals surface area contributed by atoms with Gasteiger partial charge in [0.2, 0.25) is 17.6 Å². The van der Waals surface area contributed by atoms with E-state index in [1.54, 1.807) is 18.2 Å². The molecule has 0 saturated carbocycles. The lowest BCUT2D eigenvalue weighted by Gasteiger charge is -2.30. The Balaban J connectivity index is 1.37. The quantitative estimate of drug-likeness (QED) is 0.444. The van der Waals surface area contributed by atoms with Crippen LogP contribution < -0.4 is 14.8 Å². The van der Waals surface area contributed by atoms with Gasteiger partial charge in [-0.3, -0.25) is 9.69 Å². The van der Waals surface area contributed by atoms with E-state index in [0.29, 0.717) is 66.4 Å². The first-order valence-corrected chi connectivity index (χ1v) is 11.8. The second-order valence-electron chi connectivity index (χ2n) is 8.31. The van der Waals surface area contributed by atoms with Gasteiger partial charge in [0.1, 0.15) is 0 Å². The molecule has 10 nitrogen and oxygen atoms in total. The number of amides is 1. The lowest BCUT2D eigenvalue weighted by molar-refractivity contribution is -0.121. The molecule has 1 fully saturated rings. The fourth-order valence-electron chi connectivity index (χ4n) is 4.10. The number of anilines is 1. The van der Waals surface area contributed by atoms with Gasteiger partial charge in [-0.05, 0) is 38.1 Å². The van der Waals surface area contributed by atoms with E-state index in [2.05, 4.69) is 20.4 Å². The summed E-state index contributed by atoms with van der Waals surface area (Å²) in [7, 11) is 4.23. The van der Waals surface area contributed by atoms with E-state index < -0.39 is 5.97 Å². The van der Waals surface area contributed by atoms with Crippen LogP contribution in [0.5, 0.6) is 11.5 Å². The molecule has 0 unspecified atom stereocenters. The Hall–Kier alpha value is -3.63. The largest absolute Gasteiger partial charge is 0.493 e. The van der Waals surface area contributed by atoms with E-state index in [-0.39, 0.29) is 17.4 Å². The normalized spacial score (nSPS) is 14.3. The van der Waals surface area contributed by atoms with Crippen LogP contribution in [0.2, 0.25) is 5.02 Å². The number of ether oxygens (including phenoxy) is 3. The van der Waals surface area contributed by atoms with Crippen LogP contribution in [0.15, 0.2) is 40.9 Å². The van der Waals surface area contributed by atoms with Crippen molar-refractivity contribution in [3.8, 4) is 22.9 Å². The lowest BCUT2D eigenvalue weighted by atomic mass is 9.95. The minimum absolute atomic E-state index is 0.173. The highest BCUT2D eigenvalue weighted by Crippen LogP contribution is 2.34. The van der Waals surface area contributed by atoms with Gasteiger partial charge in [0.15, 0.2) is 11.5 Å². The molecular weight excluding hydrogens is 488 g/mol. The van der Waals surface area contributed by atoms with Gasteiger partial charge in [0.25, 0.3) is 0 Å². The number of nitrogens with zero attached hydrogens (tertiary/aromatic N) is 3. The van der Waals surface area contributed by atoms with Gasteiger partial charge in [0, 0.05) is 28.6 Å².